The molecule has 6 heteroatoms. The lowest BCUT2D eigenvalue weighted by molar-refractivity contribution is -0.146. The van der Waals surface area contributed by atoms with E-state index in [2.05, 4.69) is 25.3 Å². The highest BCUT2D eigenvalue weighted by atomic mass is 32.1. The number of thiol groups is 2. The fourth-order valence-corrected chi connectivity index (χ4v) is 0.990. The monoisotopic (exact) mass is 238 g/mol. The molecule has 0 aromatic rings. The normalized spacial score (nSPS) is 14.5. The van der Waals surface area contributed by atoms with Crippen LogP contribution in [-0.4, -0.2) is 34.2 Å². The molecule has 0 aliphatic rings. The second-order valence-corrected chi connectivity index (χ2v) is 3.86. The van der Waals surface area contributed by atoms with Gasteiger partial charge in [-0.25, -0.2) is 0 Å². The highest BCUT2D eigenvalue weighted by molar-refractivity contribution is 7.86. The number of hydrogen-bond acceptors (Lipinski definition) is 5. The van der Waals surface area contributed by atoms with Crippen molar-refractivity contribution in [2.45, 2.75) is 30.3 Å². The van der Waals surface area contributed by atoms with Crippen molar-refractivity contribution in [1.82, 2.24) is 0 Å². The van der Waals surface area contributed by atoms with Gasteiger partial charge in [-0.1, -0.05) is 13.3 Å². The summed E-state index contributed by atoms with van der Waals surface area (Å²) in [6.07, 6.45) is 1.67. The summed E-state index contributed by atoms with van der Waals surface area (Å²) in [5.41, 5.74) is 0. The van der Waals surface area contributed by atoms with Crippen molar-refractivity contribution in [3.05, 3.63) is 0 Å². The predicted octanol–water partition coefficient (Wildman–Crippen LogP) is 1.01. The number of carboxylic acids is 1. The second kappa shape index (κ2) is 7.00. The minimum Gasteiger partial charge on any atom is -0.480 e. The Balaban J connectivity index is 3.92. The lowest BCUT2D eigenvalue weighted by Gasteiger charge is -2.13. The Morgan fingerprint density at radius 1 is 1.36 bits per heavy atom. The summed E-state index contributed by atoms with van der Waals surface area (Å²) in [4.78, 5) is 21.6. The Morgan fingerprint density at radius 2 is 1.93 bits per heavy atom. The van der Waals surface area contributed by atoms with Crippen LogP contribution in [0, 0.1) is 0 Å². The molecule has 0 unspecified atom stereocenters. The molecule has 0 fully saturated rings. The molecule has 0 saturated carbocycles. The fraction of sp³-hybridized carbons (Fsp3) is 0.750. The largest absolute Gasteiger partial charge is 0.480 e. The first-order chi connectivity index (χ1) is 6.50. The third kappa shape index (κ3) is 4.76. The zero-order valence-corrected chi connectivity index (χ0v) is 9.63. The maximum absolute atomic E-state index is 11.2. The molecule has 0 aromatic heterocycles. The Morgan fingerprint density at radius 3 is 2.36 bits per heavy atom. The molecule has 0 aliphatic heterocycles. The summed E-state index contributed by atoms with van der Waals surface area (Å²) in [5.74, 6) is -1.81. The van der Waals surface area contributed by atoms with E-state index in [1.165, 1.54) is 0 Å². The second-order valence-electron chi connectivity index (χ2n) is 2.75. The first-order valence-corrected chi connectivity index (χ1v) is 5.29. The van der Waals surface area contributed by atoms with Gasteiger partial charge in [-0.15, -0.1) is 0 Å². The molecule has 14 heavy (non-hydrogen) atoms. The van der Waals surface area contributed by atoms with Crippen LogP contribution in [-0.2, 0) is 14.3 Å². The average Bonchev–Trinajstić information content (AvgIpc) is 2.15. The van der Waals surface area contributed by atoms with Crippen LogP contribution in [0.25, 0.3) is 0 Å². The number of hydrogen-bond donors (Lipinski definition) is 3. The number of esters is 1. The molecule has 2 atom stereocenters. The lowest BCUT2D eigenvalue weighted by Crippen LogP contribution is -2.33. The van der Waals surface area contributed by atoms with Gasteiger partial charge >= 0.3 is 11.9 Å². The Bertz CT molecular complexity index is 208. The van der Waals surface area contributed by atoms with Crippen LogP contribution in [0.5, 0.6) is 0 Å². The molecule has 82 valence electrons. The molecule has 0 rings (SSSR count). The van der Waals surface area contributed by atoms with Gasteiger partial charge in [-0.05, 0) is 6.42 Å². The molecular formula is C8H14O4S2. The van der Waals surface area contributed by atoms with Crippen LogP contribution < -0.4 is 0 Å². The van der Waals surface area contributed by atoms with Crippen LogP contribution in [0.2, 0.25) is 0 Å². The van der Waals surface area contributed by atoms with Crippen LogP contribution in [0.4, 0.5) is 0 Å². The van der Waals surface area contributed by atoms with Gasteiger partial charge < -0.3 is 9.84 Å². The van der Waals surface area contributed by atoms with Gasteiger partial charge in [0.05, 0.1) is 6.61 Å². The molecule has 0 radical (unpaired) electrons. The average molecular weight is 238 g/mol. The molecule has 0 spiro atoms. The van der Waals surface area contributed by atoms with Crippen molar-refractivity contribution < 1.29 is 19.4 Å². The van der Waals surface area contributed by atoms with E-state index in [1.807, 2.05) is 6.92 Å². The summed E-state index contributed by atoms with van der Waals surface area (Å²) in [7, 11) is 0. The zero-order chi connectivity index (χ0) is 11.1. The van der Waals surface area contributed by atoms with E-state index in [0.29, 0.717) is 6.61 Å². The summed E-state index contributed by atoms with van der Waals surface area (Å²) in [6.45, 7) is 2.26. The van der Waals surface area contributed by atoms with Crippen LogP contribution in [0.15, 0.2) is 0 Å². The summed E-state index contributed by atoms with van der Waals surface area (Å²) in [5, 5.41) is 6.39. The molecule has 0 saturated heterocycles. The molecule has 0 aliphatic carbocycles. The van der Waals surface area contributed by atoms with E-state index >= 15 is 0 Å². The Kier molecular flexibility index (Phi) is 6.82. The number of carbonyl (C=O) groups excluding carboxylic acids is 1. The smallest absolute Gasteiger partial charge is 0.320 e. The number of carboxylic acid groups (broad SMARTS) is 1. The maximum atomic E-state index is 11.2. The molecule has 4 nitrogen and oxygen atoms in total. The van der Waals surface area contributed by atoms with E-state index in [1.54, 1.807) is 0 Å². The van der Waals surface area contributed by atoms with Crippen molar-refractivity contribution in [2.24, 2.45) is 0 Å². The quantitative estimate of drug-likeness (QED) is 0.367. The van der Waals surface area contributed by atoms with Gasteiger partial charge in [-0.3, -0.25) is 9.59 Å². The zero-order valence-electron chi connectivity index (χ0n) is 7.84. The third-order valence-electron chi connectivity index (χ3n) is 1.54. The van der Waals surface area contributed by atoms with E-state index in [0.717, 1.165) is 12.8 Å². The molecule has 0 amide bonds. The summed E-state index contributed by atoms with van der Waals surface area (Å²) in [6, 6.07) is 0. The molecular weight excluding hydrogens is 224 g/mol. The Hall–Kier alpha value is -0.360. The number of unbranched alkanes of at least 4 members (excludes halogenated alkanes) is 1. The van der Waals surface area contributed by atoms with Gasteiger partial charge in [0.15, 0.2) is 0 Å². The minimum absolute atomic E-state index is 0.298. The standard InChI is InChI=1S/C8H14O4S2/c1-2-3-4-12-8(11)6(14)5(13)7(9)10/h5-6,13-14H,2-4H2,1H3,(H,9,10)/t5-,6-/m0/s1. The predicted molar refractivity (Wildman–Crippen MR) is 59.1 cm³/mol. The highest BCUT2D eigenvalue weighted by Gasteiger charge is 2.28. The first kappa shape index (κ1) is 13.6. The first-order valence-electron chi connectivity index (χ1n) is 4.26. The van der Waals surface area contributed by atoms with Gasteiger partial charge in [0.25, 0.3) is 0 Å². The van der Waals surface area contributed by atoms with Crippen LogP contribution in [0.3, 0.4) is 0 Å². The molecule has 0 aromatic carbocycles. The van der Waals surface area contributed by atoms with E-state index in [9.17, 15) is 9.59 Å². The van der Waals surface area contributed by atoms with Gasteiger partial charge in [0.2, 0.25) is 0 Å². The summed E-state index contributed by atoms with van der Waals surface area (Å²) < 4.78 is 4.79. The minimum atomic E-state index is -1.18. The topological polar surface area (TPSA) is 63.6 Å². The summed E-state index contributed by atoms with van der Waals surface area (Å²) >= 11 is 7.56. The lowest BCUT2D eigenvalue weighted by atomic mass is 10.3. The van der Waals surface area contributed by atoms with E-state index in [-0.39, 0.29) is 0 Å². The number of ether oxygens (including phenoxy) is 1. The van der Waals surface area contributed by atoms with Crippen molar-refractivity contribution in [1.29, 1.82) is 0 Å². The van der Waals surface area contributed by atoms with Crippen molar-refractivity contribution in [3.8, 4) is 0 Å². The Labute approximate surface area is 93.8 Å². The van der Waals surface area contributed by atoms with Crippen LogP contribution >= 0.6 is 25.3 Å². The van der Waals surface area contributed by atoms with Crippen molar-refractivity contribution in [3.63, 3.8) is 0 Å². The number of carbonyl (C=O) groups is 2. The molecule has 1 N–H and O–H groups in total. The maximum Gasteiger partial charge on any atom is 0.320 e. The van der Waals surface area contributed by atoms with E-state index in [4.69, 9.17) is 9.84 Å². The molecule has 0 heterocycles. The van der Waals surface area contributed by atoms with Gasteiger partial charge in [0, 0.05) is 0 Å². The number of rotatable bonds is 6. The van der Waals surface area contributed by atoms with E-state index < -0.39 is 22.4 Å². The van der Waals surface area contributed by atoms with Gasteiger partial charge in [-0.2, -0.15) is 25.3 Å². The van der Waals surface area contributed by atoms with Crippen molar-refractivity contribution >= 4 is 37.2 Å². The number of aliphatic carboxylic acids is 1. The SMILES string of the molecule is CCCCOC(=O)[C@@H](S)[C@H](S)C(=O)O. The highest BCUT2D eigenvalue weighted by Crippen LogP contribution is 2.11. The van der Waals surface area contributed by atoms with Crippen molar-refractivity contribution in [2.75, 3.05) is 6.61 Å². The molecule has 0 bridgehead atoms. The van der Waals surface area contributed by atoms with Crippen LogP contribution in [0.1, 0.15) is 19.8 Å². The van der Waals surface area contributed by atoms with Gasteiger partial charge in [0.1, 0.15) is 10.5 Å². The third-order valence-corrected chi connectivity index (χ3v) is 2.80. The fourth-order valence-electron chi connectivity index (χ4n) is 0.666.